The van der Waals surface area contributed by atoms with Crippen LogP contribution in [-0.4, -0.2) is 4.92 Å². The zero-order chi connectivity index (χ0) is 13.8. The number of nitrogens with one attached hydrogen (secondary N) is 1. The van der Waals surface area contributed by atoms with Gasteiger partial charge in [-0.3, -0.25) is 10.1 Å². The van der Waals surface area contributed by atoms with E-state index in [1.165, 1.54) is 12.1 Å². The molecule has 6 heteroatoms. The lowest BCUT2D eigenvalue weighted by molar-refractivity contribution is -0.384. The van der Waals surface area contributed by atoms with E-state index in [-0.39, 0.29) is 5.69 Å². The number of halogens is 2. The number of rotatable bonds is 4. The van der Waals surface area contributed by atoms with Crippen molar-refractivity contribution in [2.75, 3.05) is 5.32 Å². The predicted octanol–water partition coefficient (Wildman–Crippen LogP) is 4.62. The van der Waals surface area contributed by atoms with Gasteiger partial charge in [0.25, 0.3) is 5.69 Å². The lowest BCUT2D eigenvalue weighted by Gasteiger charge is -2.09. The monoisotopic (exact) mass is 340 g/mol. The van der Waals surface area contributed by atoms with Crippen LogP contribution < -0.4 is 5.32 Å². The molecule has 2 rings (SSSR count). The van der Waals surface area contributed by atoms with Gasteiger partial charge >= 0.3 is 0 Å². The highest BCUT2D eigenvalue weighted by Crippen LogP contribution is 2.28. The van der Waals surface area contributed by atoms with Crippen LogP contribution in [0.2, 0.25) is 5.02 Å². The van der Waals surface area contributed by atoms with E-state index < -0.39 is 4.92 Å². The van der Waals surface area contributed by atoms with Gasteiger partial charge in [-0.2, -0.15) is 0 Å². The molecular weight excluding hydrogens is 332 g/mol. The van der Waals surface area contributed by atoms with Crippen LogP contribution in [-0.2, 0) is 6.54 Å². The topological polar surface area (TPSA) is 55.2 Å². The first-order valence-corrected chi connectivity index (χ1v) is 6.66. The number of nitro groups is 1. The van der Waals surface area contributed by atoms with E-state index in [2.05, 4.69) is 21.2 Å². The number of hydrogen-bond acceptors (Lipinski definition) is 3. The minimum atomic E-state index is -0.432. The largest absolute Gasteiger partial charge is 0.375 e. The number of hydrogen-bond donors (Lipinski definition) is 1. The summed E-state index contributed by atoms with van der Waals surface area (Å²) in [4.78, 5) is 10.5. The van der Waals surface area contributed by atoms with E-state index in [0.717, 1.165) is 10.0 Å². The smallest absolute Gasteiger partial charge is 0.292 e. The van der Waals surface area contributed by atoms with Crippen molar-refractivity contribution in [2.45, 2.75) is 6.54 Å². The molecule has 4 nitrogen and oxygen atoms in total. The van der Waals surface area contributed by atoms with Gasteiger partial charge in [0.1, 0.15) is 5.69 Å². The molecule has 0 atom stereocenters. The molecule has 2 aromatic rings. The van der Waals surface area contributed by atoms with Crippen LogP contribution >= 0.6 is 27.5 Å². The molecule has 0 aliphatic rings. The summed E-state index contributed by atoms with van der Waals surface area (Å²) >= 11 is 9.29. The Morgan fingerprint density at radius 3 is 2.68 bits per heavy atom. The highest BCUT2D eigenvalue weighted by Gasteiger charge is 2.13. The number of nitro benzene ring substituents is 1. The molecule has 0 saturated heterocycles. The number of benzene rings is 2. The van der Waals surface area contributed by atoms with Crippen LogP contribution in [0.4, 0.5) is 11.4 Å². The van der Waals surface area contributed by atoms with Crippen LogP contribution in [0.3, 0.4) is 0 Å². The van der Waals surface area contributed by atoms with Crippen LogP contribution in [0.25, 0.3) is 0 Å². The first-order valence-electron chi connectivity index (χ1n) is 5.49. The van der Waals surface area contributed by atoms with Crippen molar-refractivity contribution in [1.82, 2.24) is 0 Å². The molecule has 98 valence electrons. The molecule has 0 spiro atoms. The Kier molecular flexibility index (Phi) is 4.39. The SMILES string of the molecule is O=[N+]([O-])c1ccc(Cl)cc1NCc1ccccc1Br. The molecule has 0 fully saturated rings. The zero-order valence-corrected chi connectivity index (χ0v) is 12.1. The van der Waals surface area contributed by atoms with Gasteiger partial charge in [0.15, 0.2) is 0 Å². The van der Waals surface area contributed by atoms with Crippen molar-refractivity contribution in [2.24, 2.45) is 0 Å². The van der Waals surface area contributed by atoms with Crippen molar-refractivity contribution >= 4 is 38.9 Å². The van der Waals surface area contributed by atoms with Crippen LogP contribution in [0.5, 0.6) is 0 Å². The molecule has 0 saturated carbocycles. The predicted molar refractivity (Wildman–Crippen MR) is 79.6 cm³/mol. The van der Waals surface area contributed by atoms with Crippen molar-refractivity contribution in [3.05, 3.63) is 67.6 Å². The maximum Gasteiger partial charge on any atom is 0.292 e. The van der Waals surface area contributed by atoms with Gasteiger partial charge in [-0.25, -0.2) is 0 Å². The van der Waals surface area contributed by atoms with Gasteiger partial charge in [-0.15, -0.1) is 0 Å². The zero-order valence-electron chi connectivity index (χ0n) is 9.77. The molecule has 0 aliphatic carbocycles. The lowest BCUT2D eigenvalue weighted by atomic mass is 10.2. The summed E-state index contributed by atoms with van der Waals surface area (Å²) in [6, 6.07) is 12.1. The Bertz CT molecular complexity index is 619. The van der Waals surface area contributed by atoms with E-state index in [1.807, 2.05) is 24.3 Å². The van der Waals surface area contributed by atoms with E-state index >= 15 is 0 Å². The maximum atomic E-state index is 10.9. The van der Waals surface area contributed by atoms with Crippen molar-refractivity contribution < 1.29 is 4.92 Å². The van der Waals surface area contributed by atoms with Gasteiger partial charge in [0.05, 0.1) is 4.92 Å². The van der Waals surface area contributed by atoms with Crippen LogP contribution in [0, 0.1) is 10.1 Å². The average molecular weight is 342 g/mol. The van der Waals surface area contributed by atoms with Gasteiger partial charge in [-0.1, -0.05) is 45.7 Å². The van der Waals surface area contributed by atoms with Crippen molar-refractivity contribution in [1.29, 1.82) is 0 Å². The Balaban J connectivity index is 2.22. The molecule has 0 aliphatic heterocycles. The Labute approximate surface area is 123 Å². The van der Waals surface area contributed by atoms with Crippen molar-refractivity contribution in [3.63, 3.8) is 0 Å². The van der Waals surface area contributed by atoms with E-state index in [9.17, 15) is 10.1 Å². The molecule has 0 unspecified atom stereocenters. The highest BCUT2D eigenvalue weighted by molar-refractivity contribution is 9.10. The van der Waals surface area contributed by atoms with E-state index in [4.69, 9.17) is 11.6 Å². The van der Waals surface area contributed by atoms with Gasteiger partial charge in [0, 0.05) is 22.1 Å². The second-order valence-electron chi connectivity index (χ2n) is 3.86. The first-order chi connectivity index (χ1) is 9.08. The minimum Gasteiger partial charge on any atom is -0.375 e. The molecule has 2 aromatic carbocycles. The fourth-order valence-electron chi connectivity index (χ4n) is 1.64. The third kappa shape index (κ3) is 3.45. The van der Waals surface area contributed by atoms with Gasteiger partial charge in [-0.05, 0) is 23.8 Å². The average Bonchev–Trinajstić information content (AvgIpc) is 2.37. The normalized spacial score (nSPS) is 10.2. The molecule has 19 heavy (non-hydrogen) atoms. The maximum absolute atomic E-state index is 10.9. The van der Waals surface area contributed by atoms with Crippen LogP contribution in [0.15, 0.2) is 46.9 Å². The summed E-state index contributed by atoms with van der Waals surface area (Å²) in [5, 5.41) is 14.4. The molecule has 0 aromatic heterocycles. The quantitative estimate of drug-likeness (QED) is 0.652. The fraction of sp³-hybridized carbons (Fsp3) is 0.0769. The summed E-state index contributed by atoms with van der Waals surface area (Å²) < 4.78 is 0.951. The van der Waals surface area contributed by atoms with Gasteiger partial charge < -0.3 is 5.32 Å². The molecular formula is C13H10BrClN2O2. The number of anilines is 1. The Morgan fingerprint density at radius 2 is 2.00 bits per heavy atom. The molecule has 0 bridgehead atoms. The minimum absolute atomic E-state index is 0.0106. The molecule has 0 radical (unpaired) electrons. The summed E-state index contributed by atoms with van der Waals surface area (Å²) in [6.07, 6.45) is 0. The summed E-state index contributed by atoms with van der Waals surface area (Å²) in [7, 11) is 0. The Hall–Kier alpha value is -1.59. The van der Waals surface area contributed by atoms with E-state index in [1.54, 1.807) is 6.07 Å². The fourth-order valence-corrected chi connectivity index (χ4v) is 2.24. The van der Waals surface area contributed by atoms with E-state index in [0.29, 0.717) is 17.3 Å². The standard InChI is InChI=1S/C13H10BrClN2O2/c14-11-4-2-1-3-9(11)8-16-12-7-10(15)5-6-13(12)17(18)19/h1-7,16H,8H2. The molecule has 1 N–H and O–H groups in total. The van der Waals surface area contributed by atoms with Crippen LogP contribution in [0.1, 0.15) is 5.56 Å². The first kappa shape index (κ1) is 13.8. The third-order valence-corrected chi connectivity index (χ3v) is 3.59. The summed E-state index contributed by atoms with van der Waals surface area (Å²) in [5.41, 5.74) is 1.43. The molecule has 0 amide bonds. The summed E-state index contributed by atoms with van der Waals surface area (Å²) in [5.74, 6) is 0. The van der Waals surface area contributed by atoms with Crippen molar-refractivity contribution in [3.8, 4) is 0 Å². The second kappa shape index (κ2) is 6.04. The van der Waals surface area contributed by atoms with Gasteiger partial charge in [0.2, 0.25) is 0 Å². The number of nitrogens with zero attached hydrogens (tertiary/aromatic N) is 1. The molecule has 0 heterocycles. The summed E-state index contributed by atoms with van der Waals surface area (Å²) in [6.45, 7) is 0.475. The second-order valence-corrected chi connectivity index (χ2v) is 5.15. The lowest BCUT2D eigenvalue weighted by Crippen LogP contribution is -2.03. The Morgan fingerprint density at radius 1 is 1.26 bits per heavy atom. The highest BCUT2D eigenvalue weighted by atomic mass is 79.9. The third-order valence-electron chi connectivity index (χ3n) is 2.58.